The zero-order valence-corrected chi connectivity index (χ0v) is 14.5. The van der Waals surface area contributed by atoms with Crippen LogP contribution in [0.15, 0.2) is 53.1 Å². The molecule has 1 amide bonds. The molecule has 0 saturated carbocycles. The number of benzene rings is 1. The smallest absolute Gasteiger partial charge is 0.253 e. The lowest BCUT2D eigenvalue weighted by Gasteiger charge is -2.14. The number of hydrogen-bond donors (Lipinski definition) is 1. The van der Waals surface area contributed by atoms with E-state index in [4.69, 9.17) is 4.42 Å². The predicted molar refractivity (Wildman–Crippen MR) is 94.0 cm³/mol. The molecule has 0 aliphatic carbocycles. The van der Waals surface area contributed by atoms with Crippen LogP contribution in [0, 0.1) is 19.7 Å². The Morgan fingerprint density at radius 1 is 1.24 bits per heavy atom. The number of nitrogens with zero attached hydrogens (tertiary/aromatic N) is 1. The number of rotatable bonds is 5. The maximum absolute atomic E-state index is 13.0. The molecule has 0 bridgehead atoms. The Morgan fingerprint density at radius 3 is 2.60 bits per heavy atom. The van der Waals surface area contributed by atoms with Crippen molar-refractivity contribution in [3.8, 4) is 0 Å². The first kappa shape index (κ1) is 17.0. The van der Waals surface area contributed by atoms with Crippen LogP contribution in [0.5, 0.6) is 0 Å². The van der Waals surface area contributed by atoms with Gasteiger partial charge in [0.1, 0.15) is 11.6 Å². The number of furan rings is 1. The molecule has 2 heterocycles. The molecule has 2 aromatic heterocycles. The van der Waals surface area contributed by atoms with Gasteiger partial charge in [-0.1, -0.05) is 12.1 Å². The van der Waals surface area contributed by atoms with Crippen LogP contribution in [0.4, 0.5) is 4.39 Å². The lowest BCUT2D eigenvalue weighted by atomic mass is 10.1. The van der Waals surface area contributed by atoms with Crippen LogP contribution in [0.3, 0.4) is 0 Å². The third-order valence-corrected chi connectivity index (χ3v) is 4.43. The molecule has 0 aliphatic rings. The fraction of sp³-hybridized carbons (Fsp3) is 0.250. The van der Waals surface area contributed by atoms with E-state index in [0.29, 0.717) is 12.1 Å². The Balaban J connectivity index is 1.77. The van der Waals surface area contributed by atoms with Crippen LogP contribution in [0.25, 0.3) is 0 Å². The predicted octanol–water partition coefficient (Wildman–Crippen LogP) is 4.38. The first-order valence-corrected chi connectivity index (χ1v) is 8.21. The molecular formula is C20H21FN2O2. The standard InChI is InChI=1S/C20H21FN2O2/c1-13-11-19(15(3)23(13)12-18-5-4-10-25-18)20(24)22-14(2)16-6-8-17(21)9-7-16/h4-11,14H,12H2,1-3H3,(H,22,24). The van der Waals surface area contributed by atoms with Crippen LogP contribution in [0.2, 0.25) is 0 Å². The molecule has 0 aliphatic heterocycles. The Morgan fingerprint density at radius 2 is 1.96 bits per heavy atom. The molecule has 3 rings (SSSR count). The normalized spacial score (nSPS) is 12.2. The van der Waals surface area contributed by atoms with Crippen molar-refractivity contribution in [2.75, 3.05) is 0 Å². The Hall–Kier alpha value is -2.82. The first-order valence-electron chi connectivity index (χ1n) is 8.21. The second-order valence-corrected chi connectivity index (χ2v) is 6.20. The van der Waals surface area contributed by atoms with Gasteiger partial charge in [0.25, 0.3) is 5.91 Å². The van der Waals surface area contributed by atoms with E-state index in [-0.39, 0.29) is 17.8 Å². The van der Waals surface area contributed by atoms with Gasteiger partial charge in [0.15, 0.2) is 0 Å². The minimum atomic E-state index is -0.288. The zero-order chi connectivity index (χ0) is 18.0. The Labute approximate surface area is 146 Å². The molecule has 1 N–H and O–H groups in total. The van der Waals surface area contributed by atoms with Crippen molar-refractivity contribution in [1.29, 1.82) is 0 Å². The highest BCUT2D eigenvalue weighted by Crippen LogP contribution is 2.19. The van der Waals surface area contributed by atoms with Crippen LogP contribution < -0.4 is 5.32 Å². The molecule has 0 saturated heterocycles. The summed E-state index contributed by atoms with van der Waals surface area (Å²) in [6, 6.07) is 11.6. The number of carbonyl (C=O) groups is 1. The maximum Gasteiger partial charge on any atom is 0.253 e. The van der Waals surface area contributed by atoms with E-state index >= 15 is 0 Å². The van der Waals surface area contributed by atoms with Gasteiger partial charge in [-0.3, -0.25) is 4.79 Å². The van der Waals surface area contributed by atoms with E-state index in [2.05, 4.69) is 9.88 Å². The second kappa shape index (κ2) is 6.97. The molecule has 4 nitrogen and oxygen atoms in total. The molecule has 130 valence electrons. The lowest BCUT2D eigenvalue weighted by molar-refractivity contribution is 0.0939. The summed E-state index contributed by atoms with van der Waals surface area (Å²) in [6.07, 6.45) is 1.64. The molecule has 0 fully saturated rings. The number of aromatic nitrogens is 1. The summed E-state index contributed by atoms with van der Waals surface area (Å²) in [4.78, 5) is 12.7. The molecule has 0 spiro atoms. The summed E-state index contributed by atoms with van der Waals surface area (Å²) >= 11 is 0. The average Bonchev–Trinajstić information content (AvgIpc) is 3.19. The van der Waals surface area contributed by atoms with Gasteiger partial charge in [-0.15, -0.1) is 0 Å². The Bertz CT molecular complexity index is 864. The van der Waals surface area contributed by atoms with E-state index < -0.39 is 0 Å². The molecule has 1 aromatic carbocycles. The van der Waals surface area contributed by atoms with Crippen molar-refractivity contribution >= 4 is 5.91 Å². The number of amides is 1. The van der Waals surface area contributed by atoms with Crippen molar-refractivity contribution in [1.82, 2.24) is 9.88 Å². The third-order valence-electron chi connectivity index (χ3n) is 4.43. The van der Waals surface area contributed by atoms with Gasteiger partial charge in [-0.2, -0.15) is 0 Å². The van der Waals surface area contributed by atoms with E-state index in [0.717, 1.165) is 22.7 Å². The molecule has 3 aromatic rings. The summed E-state index contributed by atoms with van der Waals surface area (Å²) in [5.74, 6) is 0.410. The van der Waals surface area contributed by atoms with Gasteiger partial charge in [0.05, 0.1) is 24.4 Å². The molecular weight excluding hydrogens is 319 g/mol. The van der Waals surface area contributed by atoms with Gasteiger partial charge in [0, 0.05) is 11.4 Å². The van der Waals surface area contributed by atoms with Crippen molar-refractivity contribution in [2.45, 2.75) is 33.4 Å². The summed E-state index contributed by atoms with van der Waals surface area (Å²) in [5.41, 5.74) is 3.38. The fourth-order valence-electron chi connectivity index (χ4n) is 2.94. The fourth-order valence-corrected chi connectivity index (χ4v) is 2.94. The maximum atomic E-state index is 13.0. The highest BCUT2D eigenvalue weighted by molar-refractivity contribution is 5.96. The van der Waals surface area contributed by atoms with Gasteiger partial charge in [-0.25, -0.2) is 4.39 Å². The number of aryl methyl sites for hydroxylation is 1. The van der Waals surface area contributed by atoms with E-state index in [9.17, 15) is 9.18 Å². The molecule has 1 unspecified atom stereocenters. The number of halogens is 1. The quantitative estimate of drug-likeness (QED) is 0.749. The van der Waals surface area contributed by atoms with Crippen molar-refractivity contribution in [2.24, 2.45) is 0 Å². The van der Waals surface area contributed by atoms with E-state index in [1.807, 2.05) is 39.0 Å². The SMILES string of the molecule is Cc1cc(C(=O)NC(C)c2ccc(F)cc2)c(C)n1Cc1ccco1. The highest BCUT2D eigenvalue weighted by atomic mass is 19.1. The number of nitrogens with one attached hydrogen (secondary N) is 1. The first-order chi connectivity index (χ1) is 12.0. The van der Waals surface area contributed by atoms with E-state index in [1.54, 1.807) is 18.4 Å². The summed E-state index contributed by atoms with van der Waals surface area (Å²) in [6.45, 7) is 6.36. The highest BCUT2D eigenvalue weighted by Gasteiger charge is 2.18. The number of carbonyl (C=O) groups excluding carboxylic acids is 1. The van der Waals surface area contributed by atoms with Crippen LogP contribution in [0.1, 0.15) is 46.0 Å². The summed E-state index contributed by atoms with van der Waals surface area (Å²) in [7, 11) is 0. The minimum Gasteiger partial charge on any atom is -0.467 e. The molecule has 0 radical (unpaired) electrons. The lowest BCUT2D eigenvalue weighted by Crippen LogP contribution is -2.27. The molecule has 25 heavy (non-hydrogen) atoms. The summed E-state index contributed by atoms with van der Waals surface area (Å²) < 4.78 is 20.5. The molecule has 5 heteroatoms. The van der Waals surface area contributed by atoms with Crippen molar-refractivity contribution in [3.05, 3.63) is 82.8 Å². The second-order valence-electron chi connectivity index (χ2n) is 6.20. The van der Waals surface area contributed by atoms with E-state index in [1.165, 1.54) is 12.1 Å². The van der Waals surface area contributed by atoms with Crippen LogP contribution >= 0.6 is 0 Å². The van der Waals surface area contributed by atoms with Crippen molar-refractivity contribution in [3.63, 3.8) is 0 Å². The molecule has 1 atom stereocenters. The van der Waals surface area contributed by atoms with Gasteiger partial charge >= 0.3 is 0 Å². The van der Waals surface area contributed by atoms with Crippen LogP contribution in [-0.2, 0) is 6.54 Å². The third kappa shape index (κ3) is 3.65. The van der Waals surface area contributed by atoms with Gasteiger partial charge in [0.2, 0.25) is 0 Å². The van der Waals surface area contributed by atoms with Gasteiger partial charge in [-0.05, 0) is 56.7 Å². The van der Waals surface area contributed by atoms with Gasteiger partial charge < -0.3 is 14.3 Å². The Kier molecular flexibility index (Phi) is 4.74. The minimum absolute atomic E-state index is 0.143. The zero-order valence-electron chi connectivity index (χ0n) is 14.5. The largest absolute Gasteiger partial charge is 0.467 e. The van der Waals surface area contributed by atoms with Crippen LogP contribution in [-0.4, -0.2) is 10.5 Å². The average molecular weight is 340 g/mol. The number of hydrogen-bond acceptors (Lipinski definition) is 2. The topological polar surface area (TPSA) is 47.2 Å². The van der Waals surface area contributed by atoms with Crippen molar-refractivity contribution < 1.29 is 13.6 Å². The monoisotopic (exact) mass is 340 g/mol. The summed E-state index contributed by atoms with van der Waals surface area (Å²) in [5, 5.41) is 2.97.